The van der Waals surface area contributed by atoms with Crippen LogP contribution in [-0.4, -0.2) is 23.2 Å². The van der Waals surface area contributed by atoms with E-state index in [0.29, 0.717) is 5.39 Å². The largest absolute Gasteiger partial charge is 0.435 e. The number of nitrogens with one attached hydrogen (secondary N) is 1. The van der Waals surface area contributed by atoms with Crippen molar-refractivity contribution in [1.29, 1.82) is 0 Å². The number of halogens is 4. The maximum absolute atomic E-state index is 14.4. The number of alkyl halides is 3. The first kappa shape index (κ1) is 19.2. The summed E-state index contributed by atoms with van der Waals surface area (Å²) in [5.74, 6) is -0.677. The number of aromatic nitrogens is 3. The van der Waals surface area contributed by atoms with Crippen molar-refractivity contribution in [3.05, 3.63) is 66.2 Å². The zero-order valence-corrected chi connectivity index (χ0v) is 15.2. The average molecular weight is 424 g/mol. The first-order chi connectivity index (χ1) is 13.6. The van der Waals surface area contributed by atoms with Crippen LogP contribution in [0, 0.1) is 5.82 Å². The molecule has 0 saturated carbocycles. The van der Waals surface area contributed by atoms with Gasteiger partial charge in [0, 0.05) is 17.1 Å². The smallest absolute Gasteiger partial charge is 0.359 e. The molecule has 2 aromatic carbocycles. The maximum atomic E-state index is 14.4. The Morgan fingerprint density at radius 1 is 1.07 bits per heavy atom. The Morgan fingerprint density at radius 2 is 1.79 bits per heavy atom. The molecule has 0 aliphatic heterocycles. The molecule has 2 aromatic heterocycles. The standard InChI is InChI=1S/C18H12F4N4O2S/c19-12-8-11(7-10-5-6-24-17(10)12)14-9-16(18(20,21)22)25-26(14)13-3-1-2-4-15(13)29(23,27)28/h1-9,24H,(H2,23,27,28). The molecule has 4 aromatic rings. The lowest BCUT2D eigenvalue weighted by atomic mass is 10.1. The van der Waals surface area contributed by atoms with Gasteiger partial charge >= 0.3 is 6.18 Å². The minimum Gasteiger partial charge on any atom is -0.359 e. The van der Waals surface area contributed by atoms with Crippen LogP contribution < -0.4 is 5.14 Å². The summed E-state index contributed by atoms with van der Waals surface area (Å²) in [5.41, 5.74) is -1.31. The molecule has 6 nitrogen and oxygen atoms in total. The van der Waals surface area contributed by atoms with Gasteiger partial charge in [0.2, 0.25) is 10.0 Å². The second-order valence-corrected chi connectivity index (χ2v) is 7.77. The summed E-state index contributed by atoms with van der Waals surface area (Å²) in [4.78, 5) is 2.28. The lowest BCUT2D eigenvalue weighted by molar-refractivity contribution is -0.141. The fourth-order valence-electron chi connectivity index (χ4n) is 3.06. The lowest BCUT2D eigenvalue weighted by Gasteiger charge is -2.12. The number of aromatic amines is 1. The number of nitrogens with zero attached hydrogens (tertiary/aromatic N) is 2. The van der Waals surface area contributed by atoms with Gasteiger partial charge in [-0.2, -0.15) is 18.3 Å². The molecule has 4 rings (SSSR count). The Morgan fingerprint density at radius 3 is 2.48 bits per heavy atom. The fourth-order valence-corrected chi connectivity index (χ4v) is 3.77. The first-order valence-corrected chi connectivity index (χ1v) is 9.67. The van der Waals surface area contributed by atoms with E-state index in [1.807, 2.05) is 0 Å². The van der Waals surface area contributed by atoms with Gasteiger partial charge < -0.3 is 4.98 Å². The predicted molar refractivity (Wildman–Crippen MR) is 97.2 cm³/mol. The van der Waals surface area contributed by atoms with Crippen molar-refractivity contribution in [2.45, 2.75) is 11.1 Å². The second kappa shape index (κ2) is 6.42. The number of H-pyrrole nitrogens is 1. The van der Waals surface area contributed by atoms with E-state index in [1.54, 1.807) is 6.07 Å². The van der Waals surface area contributed by atoms with Crippen molar-refractivity contribution in [2.24, 2.45) is 5.14 Å². The van der Waals surface area contributed by atoms with Gasteiger partial charge in [-0.05, 0) is 36.4 Å². The second-order valence-electron chi connectivity index (χ2n) is 6.24. The van der Waals surface area contributed by atoms with Crippen molar-refractivity contribution in [1.82, 2.24) is 14.8 Å². The van der Waals surface area contributed by atoms with E-state index in [4.69, 9.17) is 5.14 Å². The van der Waals surface area contributed by atoms with Crippen LogP contribution in [0.3, 0.4) is 0 Å². The number of primary sulfonamides is 1. The van der Waals surface area contributed by atoms with Crippen molar-refractivity contribution >= 4 is 20.9 Å². The van der Waals surface area contributed by atoms with Gasteiger partial charge in [-0.3, -0.25) is 0 Å². The molecule has 0 bridgehead atoms. The molecule has 150 valence electrons. The lowest BCUT2D eigenvalue weighted by Crippen LogP contribution is -2.16. The normalized spacial score (nSPS) is 12.6. The zero-order valence-electron chi connectivity index (χ0n) is 14.4. The average Bonchev–Trinajstić information content (AvgIpc) is 3.27. The third kappa shape index (κ3) is 3.38. The van der Waals surface area contributed by atoms with Crippen molar-refractivity contribution in [2.75, 3.05) is 0 Å². The summed E-state index contributed by atoms with van der Waals surface area (Å²) in [5, 5.41) is 9.18. The van der Waals surface area contributed by atoms with Crippen LogP contribution in [-0.2, 0) is 16.2 Å². The number of hydrogen-bond acceptors (Lipinski definition) is 3. The van der Waals surface area contributed by atoms with Crippen LogP contribution in [0.4, 0.5) is 17.6 Å². The molecule has 0 atom stereocenters. The molecule has 0 aliphatic carbocycles. The maximum Gasteiger partial charge on any atom is 0.435 e. The van der Waals surface area contributed by atoms with Gasteiger partial charge in [-0.15, -0.1) is 0 Å². The fraction of sp³-hybridized carbons (Fsp3) is 0.0556. The highest BCUT2D eigenvalue weighted by Crippen LogP contribution is 2.35. The van der Waals surface area contributed by atoms with Gasteiger partial charge in [-0.25, -0.2) is 22.6 Å². The van der Waals surface area contributed by atoms with Crippen LogP contribution in [0.15, 0.2) is 59.6 Å². The molecule has 0 amide bonds. The summed E-state index contributed by atoms with van der Waals surface area (Å²) in [6.07, 6.45) is -3.31. The van der Waals surface area contributed by atoms with E-state index in [2.05, 4.69) is 10.1 Å². The molecule has 0 fully saturated rings. The molecule has 29 heavy (non-hydrogen) atoms. The number of sulfonamides is 1. The molecular weight excluding hydrogens is 412 g/mol. The molecule has 0 saturated heterocycles. The quantitative estimate of drug-likeness (QED) is 0.490. The van der Waals surface area contributed by atoms with E-state index in [0.717, 1.165) is 22.9 Å². The molecular formula is C18H12F4N4O2S. The summed E-state index contributed by atoms with van der Waals surface area (Å²) < 4.78 is 79.1. The number of para-hydroxylation sites is 1. The van der Waals surface area contributed by atoms with E-state index in [9.17, 15) is 26.0 Å². The molecule has 0 aliphatic rings. The first-order valence-electron chi connectivity index (χ1n) is 8.12. The topological polar surface area (TPSA) is 93.8 Å². The molecule has 3 N–H and O–H groups in total. The van der Waals surface area contributed by atoms with E-state index in [-0.39, 0.29) is 22.5 Å². The Kier molecular flexibility index (Phi) is 4.24. The highest BCUT2D eigenvalue weighted by molar-refractivity contribution is 7.89. The van der Waals surface area contributed by atoms with Crippen LogP contribution in [0.25, 0.3) is 27.8 Å². The predicted octanol–water partition coefficient (Wildman–Crippen LogP) is 3.83. The van der Waals surface area contributed by atoms with E-state index in [1.165, 1.54) is 30.5 Å². The van der Waals surface area contributed by atoms with E-state index < -0.39 is 32.6 Å². The molecule has 0 spiro atoms. The van der Waals surface area contributed by atoms with Gasteiger partial charge in [0.15, 0.2) is 5.69 Å². The number of fused-ring (bicyclic) bond motifs is 1. The van der Waals surface area contributed by atoms with Gasteiger partial charge in [0.25, 0.3) is 0 Å². The van der Waals surface area contributed by atoms with Crippen molar-refractivity contribution < 1.29 is 26.0 Å². The van der Waals surface area contributed by atoms with Crippen molar-refractivity contribution in [3.63, 3.8) is 0 Å². The van der Waals surface area contributed by atoms with Crippen LogP contribution in [0.5, 0.6) is 0 Å². The SMILES string of the molecule is NS(=O)(=O)c1ccccc1-n1nc(C(F)(F)F)cc1-c1cc(F)c2[nH]ccc2c1. The third-order valence-electron chi connectivity index (χ3n) is 4.31. The highest BCUT2D eigenvalue weighted by Gasteiger charge is 2.36. The van der Waals surface area contributed by atoms with Crippen LogP contribution >= 0.6 is 0 Å². The van der Waals surface area contributed by atoms with E-state index >= 15 is 0 Å². The summed E-state index contributed by atoms with van der Waals surface area (Å²) >= 11 is 0. The number of nitrogens with two attached hydrogens (primary N) is 1. The minimum atomic E-state index is -4.80. The third-order valence-corrected chi connectivity index (χ3v) is 5.27. The Balaban J connectivity index is 2.04. The van der Waals surface area contributed by atoms with Crippen LogP contribution in [0.1, 0.15) is 5.69 Å². The monoisotopic (exact) mass is 424 g/mol. The summed E-state index contributed by atoms with van der Waals surface area (Å²) in [6, 6.07) is 10.0. The molecule has 2 heterocycles. The number of hydrogen-bond donors (Lipinski definition) is 2. The van der Waals surface area contributed by atoms with Gasteiger partial charge in [0.1, 0.15) is 10.7 Å². The van der Waals surface area contributed by atoms with Gasteiger partial charge in [-0.1, -0.05) is 12.1 Å². The molecule has 11 heteroatoms. The van der Waals surface area contributed by atoms with Gasteiger partial charge in [0.05, 0.1) is 16.9 Å². The Hall–Kier alpha value is -3.18. The minimum absolute atomic E-state index is 0.0850. The molecule has 0 unspecified atom stereocenters. The highest BCUT2D eigenvalue weighted by atomic mass is 32.2. The number of benzene rings is 2. The molecule has 0 radical (unpaired) electrons. The summed E-state index contributed by atoms with van der Waals surface area (Å²) in [7, 11) is -4.26. The van der Waals surface area contributed by atoms with Crippen LogP contribution in [0.2, 0.25) is 0 Å². The Bertz CT molecular complexity index is 1340. The summed E-state index contributed by atoms with van der Waals surface area (Å²) in [6.45, 7) is 0. The Labute approximate surface area is 161 Å². The van der Waals surface area contributed by atoms with Crippen molar-refractivity contribution in [3.8, 4) is 16.9 Å². The number of rotatable bonds is 3. The zero-order chi connectivity index (χ0) is 21.0.